The van der Waals surface area contributed by atoms with E-state index in [9.17, 15) is 4.79 Å². The quantitative estimate of drug-likeness (QED) is 0.848. The molecule has 0 saturated carbocycles. The molecule has 0 aliphatic heterocycles. The maximum atomic E-state index is 11.7. The first-order valence-electron chi connectivity index (χ1n) is 4.99. The van der Waals surface area contributed by atoms with Gasteiger partial charge in [-0.25, -0.2) is 0 Å². The Morgan fingerprint density at radius 3 is 2.67 bits per heavy atom. The van der Waals surface area contributed by atoms with Gasteiger partial charge in [0.25, 0.3) is 5.91 Å². The molecular weight excluding hydrogens is 274 g/mol. The molecule has 15 heavy (non-hydrogen) atoms. The number of alkyl halides is 1. The van der Waals surface area contributed by atoms with Gasteiger partial charge in [0.1, 0.15) is 0 Å². The van der Waals surface area contributed by atoms with Crippen LogP contribution in [0.5, 0.6) is 0 Å². The molecule has 1 amide bonds. The molecule has 0 aliphatic carbocycles. The van der Waals surface area contributed by atoms with Crippen LogP contribution in [-0.2, 0) is 0 Å². The molecule has 1 rings (SSSR count). The highest BCUT2D eigenvalue weighted by Crippen LogP contribution is 2.15. The molecule has 1 aromatic heterocycles. The van der Waals surface area contributed by atoms with Gasteiger partial charge in [-0.3, -0.25) is 4.79 Å². The molecule has 0 radical (unpaired) electrons. The lowest BCUT2D eigenvalue weighted by atomic mass is 10.1. The number of carbonyl (C=O) groups is 1. The summed E-state index contributed by atoms with van der Waals surface area (Å²) < 4.78 is 0. The summed E-state index contributed by atoms with van der Waals surface area (Å²) in [4.78, 5) is 14.0. The number of thiophene rings is 1. The number of carbonyl (C=O) groups excluding carboxylic acids is 1. The van der Waals surface area contributed by atoms with Crippen LogP contribution in [0.2, 0.25) is 0 Å². The summed E-state index contributed by atoms with van der Waals surface area (Å²) in [6.07, 6.45) is 0. The van der Waals surface area contributed by atoms with Crippen molar-refractivity contribution in [3.63, 3.8) is 0 Å². The number of hydrogen-bond acceptors (Lipinski definition) is 2. The number of nitrogens with one attached hydrogen (secondary N) is 1. The lowest BCUT2D eigenvalue weighted by Crippen LogP contribution is -2.31. The van der Waals surface area contributed by atoms with E-state index in [2.05, 4.69) is 35.1 Å². The Balaban J connectivity index is 2.43. The Kier molecular flexibility index (Phi) is 4.80. The fraction of sp³-hybridized carbons (Fsp3) is 0.545. The highest BCUT2D eigenvalue weighted by Gasteiger charge is 2.12. The molecule has 1 N–H and O–H groups in total. The third-order valence-corrected chi connectivity index (χ3v) is 4.53. The van der Waals surface area contributed by atoms with Crippen LogP contribution in [0.15, 0.2) is 12.1 Å². The van der Waals surface area contributed by atoms with Crippen molar-refractivity contribution in [1.82, 2.24) is 5.32 Å². The van der Waals surface area contributed by atoms with E-state index in [0.29, 0.717) is 17.3 Å². The third-order valence-electron chi connectivity index (χ3n) is 2.15. The Labute approximate surface area is 103 Å². The van der Waals surface area contributed by atoms with Crippen molar-refractivity contribution in [3.8, 4) is 0 Å². The van der Waals surface area contributed by atoms with Crippen LogP contribution in [0.4, 0.5) is 0 Å². The largest absolute Gasteiger partial charge is 0.350 e. The zero-order valence-electron chi connectivity index (χ0n) is 9.21. The molecule has 1 unspecified atom stereocenters. The Hall–Kier alpha value is -0.350. The Morgan fingerprint density at radius 2 is 2.20 bits per heavy atom. The minimum Gasteiger partial charge on any atom is -0.350 e. The first-order valence-corrected chi connectivity index (χ1v) is 6.72. The molecule has 0 fully saturated rings. The van der Waals surface area contributed by atoms with Gasteiger partial charge in [-0.15, -0.1) is 11.3 Å². The summed E-state index contributed by atoms with van der Waals surface area (Å²) in [6.45, 7) is 6.93. The van der Waals surface area contributed by atoms with Gasteiger partial charge in [0.15, 0.2) is 0 Å². The number of aryl methyl sites for hydroxylation is 1. The third kappa shape index (κ3) is 3.95. The van der Waals surface area contributed by atoms with Crippen molar-refractivity contribution < 1.29 is 4.79 Å². The van der Waals surface area contributed by atoms with Crippen LogP contribution >= 0.6 is 27.3 Å². The van der Waals surface area contributed by atoms with E-state index in [1.165, 1.54) is 16.2 Å². The fourth-order valence-corrected chi connectivity index (χ4v) is 2.02. The van der Waals surface area contributed by atoms with Gasteiger partial charge < -0.3 is 5.32 Å². The molecule has 0 spiro atoms. The summed E-state index contributed by atoms with van der Waals surface area (Å²) in [7, 11) is 0. The SMILES string of the molecule is Cc1ccc(C(=O)NCC(Br)C(C)C)s1. The predicted molar refractivity (Wildman–Crippen MR) is 68.9 cm³/mol. The number of hydrogen-bond donors (Lipinski definition) is 1. The van der Waals surface area contributed by atoms with E-state index in [-0.39, 0.29) is 5.91 Å². The minimum atomic E-state index is 0.0261. The van der Waals surface area contributed by atoms with Gasteiger partial charge in [0, 0.05) is 16.2 Å². The van der Waals surface area contributed by atoms with E-state index >= 15 is 0 Å². The Bertz CT molecular complexity index is 335. The molecular formula is C11H16BrNOS. The molecule has 1 atom stereocenters. The van der Waals surface area contributed by atoms with E-state index in [4.69, 9.17) is 0 Å². The van der Waals surface area contributed by atoms with Crippen LogP contribution in [-0.4, -0.2) is 17.3 Å². The summed E-state index contributed by atoms with van der Waals surface area (Å²) in [5, 5.41) is 2.92. The van der Waals surface area contributed by atoms with Crippen LogP contribution in [0, 0.1) is 12.8 Å². The van der Waals surface area contributed by atoms with E-state index in [1.54, 1.807) is 0 Å². The van der Waals surface area contributed by atoms with Gasteiger partial charge in [-0.1, -0.05) is 29.8 Å². The van der Waals surface area contributed by atoms with Crippen molar-refractivity contribution in [2.24, 2.45) is 5.92 Å². The van der Waals surface area contributed by atoms with Crippen LogP contribution in [0.3, 0.4) is 0 Å². The smallest absolute Gasteiger partial charge is 0.261 e. The number of halogens is 1. The van der Waals surface area contributed by atoms with Gasteiger partial charge in [0.2, 0.25) is 0 Å². The lowest BCUT2D eigenvalue weighted by molar-refractivity contribution is 0.0957. The monoisotopic (exact) mass is 289 g/mol. The number of rotatable bonds is 4. The molecule has 1 heterocycles. The summed E-state index contributed by atoms with van der Waals surface area (Å²) >= 11 is 5.07. The van der Waals surface area contributed by atoms with Crippen molar-refractivity contribution in [2.75, 3.05) is 6.54 Å². The van der Waals surface area contributed by atoms with Gasteiger partial charge >= 0.3 is 0 Å². The first-order chi connectivity index (χ1) is 7.00. The molecule has 84 valence electrons. The van der Waals surface area contributed by atoms with Crippen molar-refractivity contribution in [3.05, 3.63) is 21.9 Å². The highest BCUT2D eigenvalue weighted by molar-refractivity contribution is 9.09. The molecule has 0 aliphatic rings. The summed E-state index contributed by atoms with van der Waals surface area (Å²) in [5.41, 5.74) is 0. The first kappa shape index (κ1) is 12.7. The topological polar surface area (TPSA) is 29.1 Å². The van der Waals surface area contributed by atoms with Crippen LogP contribution in [0.1, 0.15) is 28.4 Å². The molecule has 0 bridgehead atoms. The van der Waals surface area contributed by atoms with Gasteiger partial charge in [-0.05, 0) is 25.0 Å². The van der Waals surface area contributed by atoms with Crippen molar-refractivity contribution in [2.45, 2.75) is 25.6 Å². The number of amides is 1. The second-order valence-electron chi connectivity index (χ2n) is 3.88. The van der Waals surface area contributed by atoms with Gasteiger partial charge in [0.05, 0.1) is 4.88 Å². The molecule has 0 saturated heterocycles. The average Bonchev–Trinajstić information content (AvgIpc) is 2.60. The zero-order chi connectivity index (χ0) is 11.4. The van der Waals surface area contributed by atoms with Crippen molar-refractivity contribution in [1.29, 1.82) is 0 Å². The maximum Gasteiger partial charge on any atom is 0.261 e. The van der Waals surface area contributed by atoms with Crippen LogP contribution in [0.25, 0.3) is 0 Å². The second-order valence-corrected chi connectivity index (χ2v) is 6.34. The van der Waals surface area contributed by atoms with Crippen molar-refractivity contribution >= 4 is 33.2 Å². The molecule has 4 heteroatoms. The average molecular weight is 290 g/mol. The second kappa shape index (κ2) is 5.66. The Morgan fingerprint density at radius 1 is 1.53 bits per heavy atom. The molecule has 2 nitrogen and oxygen atoms in total. The summed E-state index contributed by atoms with van der Waals surface area (Å²) in [6, 6.07) is 3.83. The normalized spacial score (nSPS) is 12.9. The summed E-state index contributed by atoms with van der Waals surface area (Å²) in [5.74, 6) is 0.550. The predicted octanol–water partition coefficient (Wildman–Crippen LogP) is 3.21. The van der Waals surface area contributed by atoms with Crippen LogP contribution < -0.4 is 5.32 Å². The lowest BCUT2D eigenvalue weighted by Gasteiger charge is -2.13. The van der Waals surface area contributed by atoms with Gasteiger partial charge in [-0.2, -0.15) is 0 Å². The highest BCUT2D eigenvalue weighted by atomic mass is 79.9. The fourth-order valence-electron chi connectivity index (χ4n) is 1.07. The zero-order valence-corrected chi connectivity index (χ0v) is 11.6. The van der Waals surface area contributed by atoms with E-state index < -0.39 is 0 Å². The molecule has 0 aromatic carbocycles. The molecule has 1 aromatic rings. The maximum absolute atomic E-state index is 11.7. The minimum absolute atomic E-state index is 0.0261. The standard InChI is InChI=1S/C11H16BrNOS/c1-7(2)9(12)6-13-11(14)10-5-4-8(3)15-10/h4-5,7,9H,6H2,1-3H3,(H,13,14). The van der Waals surface area contributed by atoms with E-state index in [0.717, 1.165) is 4.88 Å². The van der Waals surface area contributed by atoms with E-state index in [1.807, 2.05) is 19.1 Å².